The summed E-state index contributed by atoms with van der Waals surface area (Å²) < 4.78 is 13.0. The Morgan fingerprint density at radius 1 is 1.16 bits per heavy atom. The van der Waals surface area contributed by atoms with Crippen LogP contribution in [0.3, 0.4) is 0 Å². The van der Waals surface area contributed by atoms with Crippen molar-refractivity contribution in [2.24, 2.45) is 0 Å². The highest BCUT2D eigenvalue weighted by Gasteiger charge is 2.09. The molecule has 0 saturated heterocycles. The molecular formula is C15H20N2O2. The van der Waals surface area contributed by atoms with Gasteiger partial charge in [0.15, 0.2) is 0 Å². The minimum atomic E-state index is 0.385. The van der Waals surface area contributed by atoms with Crippen LogP contribution >= 0.6 is 0 Å². The van der Waals surface area contributed by atoms with Crippen molar-refractivity contribution < 1.29 is 9.47 Å². The molecular weight excluding hydrogens is 240 g/mol. The molecule has 1 heterocycles. The van der Waals surface area contributed by atoms with Gasteiger partial charge in [0.05, 0.1) is 12.8 Å². The summed E-state index contributed by atoms with van der Waals surface area (Å²) in [7, 11) is 1.65. The van der Waals surface area contributed by atoms with E-state index in [-0.39, 0.29) is 0 Å². The zero-order chi connectivity index (χ0) is 13.8. The van der Waals surface area contributed by atoms with Crippen LogP contribution < -0.4 is 9.47 Å². The summed E-state index contributed by atoms with van der Waals surface area (Å²) in [6.07, 6.45) is 2.05. The molecule has 0 fully saturated rings. The molecule has 4 nitrogen and oxygen atoms in total. The molecule has 0 aliphatic rings. The van der Waals surface area contributed by atoms with Gasteiger partial charge in [-0.05, 0) is 45.0 Å². The van der Waals surface area contributed by atoms with E-state index in [9.17, 15) is 0 Å². The maximum absolute atomic E-state index is 5.76. The number of benzene rings is 1. The summed E-state index contributed by atoms with van der Waals surface area (Å²) in [5.41, 5.74) is 1.02. The van der Waals surface area contributed by atoms with Crippen LogP contribution in [0.4, 0.5) is 0 Å². The van der Waals surface area contributed by atoms with Crippen molar-refractivity contribution >= 4 is 0 Å². The molecule has 1 aromatic carbocycles. The third-order valence-corrected chi connectivity index (χ3v) is 2.91. The Labute approximate surface area is 114 Å². The van der Waals surface area contributed by atoms with E-state index in [1.807, 2.05) is 31.2 Å². The van der Waals surface area contributed by atoms with E-state index in [0.717, 1.165) is 23.0 Å². The summed E-state index contributed by atoms with van der Waals surface area (Å²) in [6.45, 7) is 6.74. The standard InChI is InChI=1S/C15H20N2O2/c1-11(2)17-9-12(3)16-15(17)10-19-14-7-5-13(18-4)6-8-14/h5-9,11H,10H2,1-4H3. The lowest BCUT2D eigenvalue weighted by atomic mass is 10.3. The Kier molecular flexibility index (Phi) is 4.10. The summed E-state index contributed by atoms with van der Waals surface area (Å²) >= 11 is 0. The van der Waals surface area contributed by atoms with Gasteiger partial charge in [-0.15, -0.1) is 0 Å². The molecule has 0 spiro atoms. The van der Waals surface area contributed by atoms with Gasteiger partial charge in [-0.25, -0.2) is 4.98 Å². The topological polar surface area (TPSA) is 36.3 Å². The summed E-state index contributed by atoms with van der Waals surface area (Å²) in [6, 6.07) is 7.95. The van der Waals surface area contributed by atoms with E-state index < -0.39 is 0 Å². The first-order chi connectivity index (χ1) is 9.10. The smallest absolute Gasteiger partial charge is 0.147 e. The first-order valence-electron chi connectivity index (χ1n) is 6.41. The number of ether oxygens (including phenoxy) is 2. The van der Waals surface area contributed by atoms with Gasteiger partial charge in [-0.2, -0.15) is 0 Å². The lowest BCUT2D eigenvalue weighted by Crippen LogP contribution is -2.08. The monoisotopic (exact) mass is 260 g/mol. The van der Waals surface area contributed by atoms with Crippen molar-refractivity contribution in [3.8, 4) is 11.5 Å². The fourth-order valence-corrected chi connectivity index (χ4v) is 1.94. The van der Waals surface area contributed by atoms with Crippen LogP contribution in [0.2, 0.25) is 0 Å². The third-order valence-electron chi connectivity index (χ3n) is 2.91. The zero-order valence-electron chi connectivity index (χ0n) is 11.9. The molecule has 102 valence electrons. The van der Waals surface area contributed by atoms with Crippen LogP contribution in [0.15, 0.2) is 30.5 Å². The van der Waals surface area contributed by atoms with Gasteiger partial charge in [0.1, 0.15) is 23.9 Å². The Balaban J connectivity index is 2.05. The maximum Gasteiger partial charge on any atom is 0.147 e. The van der Waals surface area contributed by atoms with Gasteiger partial charge >= 0.3 is 0 Å². The molecule has 4 heteroatoms. The Morgan fingerprint density at radius 3 is 2.37 bits per heavy atom. The van der Waals surface area contributed by atoms with Gasteiger partial charge in [0, 0.05) is 12.2 Å². The number of methoxy groups -OCH3 is 1. The SMILES string of the molecule is COc1ccc(OCc2nc(C)cn2C(C)C)cc1. The molecule has 19 heavy (non-hydrogen) atoms. The Hall–Kier alpha value is -1.97. The quantitative estimate of drug-likeness (QED) is 0.827. The molecule has 0 aliphatic heterocycles. The molecule has 0 saturated carbocycles. The maximum atomic E-state index is 5.76. The number of rotatable bonds is 5. The average molecular weight is 260 g/mol. The molecule has 0 N–H and O–H groups in total. The van der Waals surface area contributed by atoms with Crippen LogP contribution in [0.1, 0.15) is 31.4 Å². The fraction of sp³-hybridized carbons (Fsp3) is 0.400. The van der Waals surface area contributed by atoms with E-state index in [4.69, 9.17) is 9.47 Å². The second-order valence-corrected chi connectivity index (χ2v) is 4.76. The van der Waals surface area contributed by atoms with Gasteiger partial charge in [-0.1, -0.05) is 0 Å². The molecule has 0 atom stereocenters. The highest BCUT2D eigenvalue weighted by molar-refractivity contribution is 5.31. The van der Waals surface area contributed by atoms with Crippen LogP contribution in [0, 0.1) is 6.92 Å². The molecule has 0 aliphatic carbocycles. The highest BCUT2D eigenvalue weighted by Crippen LogP contribution is 2.19. The number of hydrogen-bond donors (Lipinski definition) is 0. The summed E-state index contributed by atoms with van der Waals surface area (Å²) in [4.78, 5) is 4.49. The van der Waals surface area contributed by atoms with E-state index in [0.29, 0.717) is 12.6 Å². The molecule has 0 amide bonds. The second kappa shape index (κ2) is 5.78. The Morgan fingerprint density at radius 2 is 1.79 bits per heavy atom. The lowest BCUT2D eigenvalue weighted by molar-refractivity contribution is 0.286. The van der Waals surface area contributed by atoms with Crippen molar-refractivity contribution in [3.63, 3.8) is 0 Å². The molecule has 2 aromatic rings. The van der Waals surface area contributed by atoms with Gasteiger partial charge in [0.25, 0.3) is 0 Å². The molecule has 2 rings (SSSR count). The van der Waals surface area contributed by atoms with Crippen molar-refractivity contribution in [2.75, 3.05) is 7.11 Å². The minimum Gasteiger partial charge on any atom is -0.497 e. The number of imidazole rings is 1. The van der Waals surface area contributed by atoms with E-state index >= 15 is 0 Å². The Bertz CT molecular complexity index is 530. The third kappa shape index (κ3) is 3.28. The van der Waals surface area contributed by atoms with E-state index in [2.05, 4.69) is 29.6 Å². The normalized spacial score (nSPS) is 10.8. The second-order valence-electron chi connectivity index (χ2n) is 4.76. The van der Waals surface area contributed by atoms with Crippen molar-refractivity contribution in [1.29, 1.82) is 0 Å². The summed E-state index contributed by atoms with van der Waals surface area (Å²) in [5.74, 6) is 2.59. The van der Waals surface area contributed by atoms with Gasteiger partial charge in [-0.3, -0.25) is 0 Å². The van der Waals surface area contributed by atoms with Gasteiger partial charge in [0.2, 0.25) is 0 Å². The number of aryl methyl sites for hydroxylation is 1. The first-order valence-corrected chi connectivity index (χ1v) is 6.41. The molecule has 0 radical (unpaired) electrons. The van der Waals surface area contributed by atoms with Gasteiger partial charge < -0.3 is 14.0 Å². The molecule has 1 aromatic heterocycles. The largest absolute Gasteiger partial charge is 0.497 e. The predicted molar refractivity (Wildman–Crippen MR) is 74.7 cm³/mol. The fourth-order valence-electron chi connectivity index (χ4n) is 1.94. The number of hydrogen-bond acceptors (Lipinski definition) is 3. The van der Waals surface area contributed by atoms with Crippen LogP contribution in [-0.4, -0.2) is 16.7 Å². The van der Waals surface area contributed by atoms with E-state index in [1.165, 1.54) is 0 Å². The van der Waals surface area contributed by atoms with Crippen LogP contribution in [-0.2, 0) is 6.61 Å². The van der Waals surface area contributed by atoms with Crippen LogP contribution in [0.5, 0.6) is 11.5 Å². The first kappa shape index (κ1) is 13.5. The summed E-state index contributed by atoms with van der Waals surface area (Å²) in [5, 5.41) is 0. The average Bonchev–Trinajstić information content (AvgIpc) is 2.78. The minimum absolute atomic E-state index is 0.385. The predicted octanol–water partition coefficient (Wildman–Crippen LogP) is 3.36. The van der Waals surface area contributed by atoms with Crippen LogP contribution in [0.25, 0.3) is 0 Å². The van der Waals surface area contributed by atoms with Crippen molar-refractivity contribution in [1.82, 2.24) is 9.55 Å². The lowest BCUT2D eigenvalue weighted by Gasteiger charge is -2.12. The molecule has 0 bridgehead atoms. The zero-order valence-corrected chi connectivity index (χ0v) is 11.9. The van der Waals surface area contributed by atoms with E-state index in [1.54, 1.807) is 7.11 Å². The highest BCUT2D eigenvalue weighted by atomic mass is 16.5. The van der Waals surface area contributed by atoms with Crippen molar-refractivity contribution in [2.45, 2.75) is 33.4 Å². The molecule has 0 unspecified atom stereocenters. The number of nitrogens with zero attached hydrogens (tertiary/aromatic N) is 2. The van der Waals surface area contributed by atoms with Crippen molar-refractivity contribution in [3.05, 3.63) is 42.0 Å². The number of aromatic nitrogens is 2.